The Hall–Kier alpha value is -1.59. The first-order valence-corrected chi connectivity index (χ1v) is 7.77. The fourth-order valence-electron chi connectivity index (χ4n) is 2.50. The zero-order valence-electron chi connectivity index (χ0n) is 13.7. The molecule has 1 aliphatic heterocycles. The van der Waals surface area contributed by atoms with Crippen molar-refractivity contribution in [1.82, 2.24) is 4.90 Å². The monoisotopic (exact) mass is 304 g/mol. The van der Waals surface area contributed by atoms with Crippen LogP contribution in [-0.2, 0) is 9.53 Å². The lowest BCUT2D eigenvalue weighted by molar-refractivity contribution is -0.156. The maximum absolute atomic E-state index is 11.9. The van der Waals surface area contributed by atoms with Gasteiger partial charge in [0.1, 0.15) is 11.6 Å². The number of anilines is 1. The molecule has 1 fully saturated rings. The summed E-state index contributed by atoms with van der Waals surface area (Å²) in [5.41, 5.74) is 6.67. The molecule has 0 aliphatic carbocycles. The van der Waals surface area contributed by atoms with Crippen molar-refractivity contribution >= 4 is 11.7 Å². The first-order valence-electron chi connectivity index (χ1n) is 7.77. The maximum Gasteiger partial charge on any atom is 0.324 e. The lowest BCUT2D eigenvalue weighted by Crippen LogP contribution is -2.52. The Balaban J connectivity index is 1.79. The third kappa shape index (κ3) is 5.00. The molecule has 1 unspecified atom stereocenters. The molecule has 2 N–H and O–H groups in total. The molecule has 1 aromatic carbocycles. The van der Waals surface area contributed by atoms with Crippen LogP contribution >= 0.6 is 0 Å². The first kappa shape index (κ1) is 16.8. The highest BCUT2D eigenvalue weighted by Gasteiger charge is 2.25. The third-order valence-electron chi connectivity index (χ3n) is 3.59. The quantitative estimate of drug-likeness (QED) is 0.849. The fraction of sp³-hybridized carbons (Fsp3) is 0.588. The second kappa shape index (κ2) is 7.11. The molecule has 1 aliphatic rings. The largest absolute Gasteiger partial charge is 0.459 e. The Kier molecular flexibility index (Phi) is 5.42. The van der Waals surface area contributed by atoms with Gasteiger partial charge in [0.25, 0.3) is 0 Å². The first-order chi connectivity index (χ1) is 10.3. The molecule has 1 heterocycles. The molecule has 1 radical (unpaired) electrons. The summed E-state index contributed by atoms with van der Waals surface area (Å²) in [4.78, 5) is 16.5. The van der Waals surface area contributed by atoms with E-state index < -0.39 is 11.6 Å². The van der Waals surface area contributed by atoms with E-state index in [4.69, 9.17) is 10.5 Å². The summed E-state index contributed by atoms with van der Waals surface area (Å²) in [6, 6.07) is 10.5. The number of hydrogen-bond donors (Lipinski definition) is 1. The van der Waals surface area contributed by atoms with Gasteiger partial charge in [-0.2, -0.15) is 0 Å². The predicted octanol–water partition coefficient (Wildman–Crippen LogP) is 1.28. The molecule has 1 atom stereocenters. The summed E-state index contributed by atoms with van der Waals surface area (Å²) in [5, 5.41) is 0. The summed E-state index contributed by atoms with van der Waals surface area (Å²) < 4.78 is 5.33. The Morgan fingerprint density at radius 2 is 2.05 bits per heavy atom. The van der Waals surface area contributed by atoms with E-state index in [9.17, 15) is 4.79 Å². The van der Waals surface area contributed by atoms with Gasteiger partial charge in [-0.3, -0.25) is 9.69 Å². The van der Waals surface area contributed by atoms with Crippen LogP contribution < -0.4 is 10.6 Å². The maximum atomic E-state index is 11.9. The number of ether oxygens (including phenoxy) is 1. The number of nitrogens with zero attached hydrogens (tertiary/aromatic N) is 2. The van der Waals surface area contributed by atoms with E-state index in [0.29, 0.717) is 6.54 Å². The molecule has 0 amide bonds. The van der Waals surface area contributed by atoms with Crippen LogP contribution in [0.4, 0.5) is 5.69 Å². The lowest BCUT2D eigenvalue weighted by atomic mass is 10.2. The van der Waals surface area contributed by atoms with Gasteiger partial charge >= 0.3 is 5.97 Å². The van der Waals surface area contributed by atoms with Gasteiger partial charge in [0, 0.05) is 38.4 Å². The number of hydrogen-bond acceptors (Lipinski definition) is 5. The molecular formula is C17H26N3O2. The van der Waals surface area contributed by atoms with Crippen molar-refractivity contribution in [3.05, 3.63) is 30.3 Å². The number of nitrogens with two attached hydrogens (primary N) is 1. The van der Waals surface area contributed by atoms with Gasteiger partial charge in [-0.1, -0.05) is 12.1 Å². The van der Waals surface area contributed by atoms with Gasteiger partial charge in [-0.15, -0.1) is 0 Å². The number of esters is 1. The molecule has 5 nitrogen and oxygen atoms in total. The number of piperazine rings is 1. The van der Waals surface area contributed by atoms with E-state index in [1.165, 1.54) is 5.69 Å². The molecule has 2 rings (SSSR count). The highest BCUT2D eigenvalue weighted by atomic mass is 16.6. The molecule has 22 heavy (non-hydrogen) atoms. The Labute approximate surface area is 133 Å². The molecule has 5 heteroatoms. The summed E-state index contributed by atoms with van der Waals surface area (Å²) >= 11 is 0. The van der Waals surface area contributed by atoms with Crippen molar-refractivity contribution in [2.45, 2.75) is 32.4 Å². The molecule has 0 bridgehead atoms. The van der Waals surface area contributed by atoms with Crippen molar-refractivity contribution < 1.29 is 9.53 Å². The standard InChI is InChI=1S/C17H26N3O2/c1-17(2,3)22-16(21)15(18)13-19-9-11-20(12-10-19)14-7-5-4-6-8-14/h4-5,7-8,15H,9-13,18H2,1-3H3. The Morgan fingerprint density at radius 1 is 1.36 bits per heavy atom. The molecule has 0 spiro atoms. The Bertz CT molecular complexity index is 476. The van der Waals surface area contributed by atoms with E-state index >= 15 is 0 Å². The van der Waals surface area contributed by atoms with Gasteiger partial charge in [0.15, 0.2) is 0 Å². The summed E-state index contributed by atoms with van der Waals surface area (Å²) in [5.74, 6) is -0.326. The van der Waals surface area contributed by atoms with E-state index in [1.807, 2.05) is 39.0 Å². The van der Waals surface area contributed by atoms with Crippen LogP contribution in [0.15, 0.2) is 24.3 Å². The van der Waals surface area contributed by atoms with E-state index in [2.05, 4.69) is 21.9 Å². The summed E-state index contributed by atoms with van der Waals surface area (Å²) in [6.45, 7) is 9.76. The van der Waals surface area contributed by atoms with Crippen molar-refractivity contribution in [3.63, 3.8) is 0 Å². The normalized spacial score (nSPS) is 18.1. The van der Waals surface area contributed by atoms with Gasteiger partial charge in [0.05, 0.1) is 0 Å². The van der Waals surface area contributed by atoms with Gasteiger partial charge in [-0.25, -0.2) is 0 Å². The van der Waals surface area contributed by atoms with Crippen LogP contribution in [0.5, 0.6) is 0 Å². The molecule has 0 aromatic heterocycles. The topological polar surface area (TPSA) is 58.8 Å². The van der Waals surface area contributed by atoms with E-state index in [-0.39, 0.29) is 5.97 Å². The highest BCUT2D eigenvalue weighted by Crippen LogP contribution is 2.15. The molecule has 1 aromatic rings. The Morgan fingerprint density at radius 3 is 2.59 bits per heavy atom. The van der Waals surface area contributed by atoms with E-state index in [0.717, 1.165) is 26.2 Å². The van der Waals surface area contributed by atoms with Crippen molar-refractivity contribution in [3.8, 4) is 0 Å². The zero-order chi connectivity index (χ0) is 16.2. The fourth-order valence-corrected chi connectivity index (χ4v) is 2.50. The van der Waals surface area contributed by atoms with Gasteiger partial charge in [-0.05, 0) is 39.0 Å². The van der Waals surface area contributed by atoms with Crippen LogP contribution in [0.2, 0.25) is 0 Å². The van der Waals surface area contributed by atoms with Crippen LogP contribution in [0, 0.1) is 6.07 Å². The van der Waals surface area contributed by atoms with Gasteiger partial charge < -0.3 is 15.4 Å². The second-order valence-corrected chi connectivity index (χ2v) is 6.69. The van der Waals surface area contributed by atoms with Crippen molar-refractivity contribution in [1.29, 1.82) is 0 Å². The SMILES string of the molecule is CC(C)(C)OC(=O)C(N)CN1CCN(c2c[c]ccc2)CC1. The molecule has 121 valence electrons. The van der Waals surface area contributed by atoms with Crippen LogP contribution in [0.1, 0.15) is 20.8 Å². The summed E-state index contributed by atoms with van der Waals surface area (Å²) in [7, 11) is 0. The highest BCUT2D eigenvalue weighted by molar-refractivity contribution is 5.76. The second-order valence-electron chi connectivity index (χ2n) is 6.69. The molecule has 0 saturated carbocycles. The predicted molar refractivity (Wildman–Crippen MR) is 87.8 cm³/mol. The van der Waals surface area contributed by atoms with Crippen LogP contribution in [0.25, 0.3) is 0 Å². The molecular weight excluding hydrogens is 278 g/mol. The van der Waals surface area contributed by atoms with Crippen LogP contribution in [0.3, 0.4) is 0 Å². The number of carbonyl (C=O) groups excluding carboxylic acids is 1. The van der Waals surface area contributed by atoms with Crippen LogP contribution in [-0.4, -0.2) is 55.2 Å². The smallest absolute Gasteiger partial charge is 0.324 e. The minimum atomic E-state index is -0.587. The van der Waals surface area contributed by atoms with Crippen molar-refractivity contribution in [2.24, 2.45) is 5.73 Å². The average molecular weight is 304 g/mol. The average Bonchev–Trinajstić information content (AvgIpc) is 2.47. The zero-order valence-corrected chi connectivity index (χ0v) is 13.7. The number of carbonyl (C=O) groups is 1. The third-order valence-corrected chi connectivity index (χ3v) is 3.59. The number of benzene rings is 1. The minimum Gasteiger partial charge on any atom is -0.459 e. The summed E-state index contributed by atoms with van der Waals surface area (Å²) in [6.07, 6.45) is 0. The van der Waals surface area contributed by atoms with Gasteiger partial charge in [0.2, 0.25) is 0 Å². The number of rotatable bonds is 4. The molecule has 1 saturated heterocycles. The van der Waals surface area contributed by atoms with E-state index in [1.54, 1.807) is 0 Å². The lowest BCUT2D eigenvalue weighted by Gasteiger charge is -2.37. The minimum absolute atomic E-state index is 0.326. The van der Waals surface area contributed by atoms with Crippen molar-refractivity contribution in [2.75, 3.05) is 37.6 Å².